The summed E-state index contributed by atoms with van der Waals surface area (Å²) in [6.07, 6.45) is 1.28. The number of nitrogens with one attached hydrogen (secondary N) is 1. The van der Waals surface area contributed by atoms with E-state index in [0.717, 1.165) is 10.9 Å². The Labute approximate surface area is 117 Å². The van der Waals surface area contributed by atoms with E-state index in [1.165, 1.54) is 5.56 Å². The highest BCUT2D eigenvalue weighted by Gasteiger charge is 2.16. The molecule has 1 amide bonds. The van der Waals surface area contributed by atoms with E-state index in [-0.39, 0.29) is 11.3 Å². The van der Waals surface area contributed by atoms with E-state index in [0.29, 0.717) is 19.5 Å². The minimum absolute atomic E-state index is 0.0345. The summed E-state index contributed by atoms with van der Waals surface area (Å²) in [6.45, 7) is 5.28. The van der Waals surface area contributed by atoms with Gasteiger partial charge in [0, 0.05) is 17.4 Å². The molecule has 100 valence electrons. The molecule has 0 fully saturated rings. The Morgan fingerprint density at radius 3 is 2.50 bits per heavy atom. The molecule has 0 aliphatic heterocycles. The van der Waals surface area contributed by atoms with Crippen LogP contribution in [-0.2, 0) is 11.2 Å². The fraction of sp³-hybridized carbons (Fsp3) is 0.500. The first-order valence-corrected chi connectivity index (χ1v) is 6.93. The number of halogens is 1. The number of aryl methyl sites for hydroxylation is 1. The van der Waals surface area contributed by atoms with Crippen LogP contribution < -0.4 is 11.1 Å². The van der Waals surface area contributed by atoms with Crippen LogP contribution in [-0.4, -0.2) is 19.0 Å². The number of rotatable bonds is 6. The summed E-state index contributed by atoms with van der Waals surface area (Å²) >= 11 is 3.39. The molecule has 0 aliphatic carbocycles. The second-order valence-electron chi connectivity index (χ2n) is 5.27. The standard InChI is InChI=1S/C14H21BrN2O/c1-14(2,9-16)10-17-13(18)8-5-11-3-6-12(15)7-4-11/h3-4,6-7H,5,8-10,16H2,1-2H3,(H,17,18). The van der Waals surface area contributed by atoms with Crippen LogP contribution in [0.1, 0.15) is 25.8 Å². The van der Waals surface area contributed by atoms with Gasteiger partial charge in [-0.05, 0) is 36.1 Å². The normalized spacial score (nSPS) is 11.3. The first kappa shape index (κ1) is 15.2. The molecular formula is C14H21BrN2O. The highest BCUT2D eigenvalue weighted by atomic mass is 79.9. The summed E-state index contributed by atoms with van der Waals surface area (Å²) in [7, 11) is 0. The van der Waals surface area contributed by atoms with Gasteiger partial charge in [0.1, 0.15) is 0 Å². The van der Waals surface area contributed by atoms with Crippen molar-refractivity contribution in [1.82, 2.24) is 5.32 Å². The van der Waals surface area contributed by atoms with Gasteiger partial charge in [-0.25, -0.2) is 0 Å². The molecule has 0 aliphatic rings. The van der Waals surface area contributed by atoms with Gasteiger partial charge in [-0.1, -0.05) is 41.9 Å². The molecule has 4 heteroatoms. The van der Waals surface area contributed by atoms with E-state index in [2.05, 4.69) is 21.2 Å². The third kappa shape index (κ3) is 5.65. The van der Waals surface area contributed by atoms with Crippen molar-refractivity contribution in [1.29, 1.82) is 0 Å². The second kappa shape index (κ2) is 6.90. The van der Waals surface area contributed by atoms with Crippen molar-refractivity contribution in [2.45, 2.75) is 26.7 Å². The molecule has 18 heavy (non-hydrogen) atoms. The number of hydrogen-bond donors (Lipinski definition) is 2. The van der Waals surface area contributed by atoms with Gasteiger partial charge in [0.15, 0.2) is 0 Å². The van der Waals surface area contributed by atoms with Crippen LogP contribution in [0.25, 0.3) is 0 Å². The van der Waals surface area contributed by atoms with Gasteiger partial charge in [-0.3, -0.25) is 4.79 Å². The zero-order valence-electron chi connectivity index (χ0n) is 11.0. The van der Waals surface area contributed by atoms with E-state index in [1.807, 2.05) is 38.1 Å². The van der Waals surface area contributed by atoms with Crippen LogP contribution in [0.2, 0.25) is 0 Å². The Bertz CT molecular complexity index is 387. The van der Waals surface area contributed by atoms with Crippen LogP contribution in [0, 0.1) is 5.41 Å². The van der Waals surface area contributed by atoms with E-state index >= 15 is 0 Å². The molecular weight excluding hydrogens is 292 g/mol. The smallest absolute Gasteiger partial charge is 0.220 e. The highest BCUT2D eigenvalue weighted by molar-refractivity contribution is 9.10. The molecule has 1 aromatic rings. The Balaban J connectivity index is 2.31. The Kier molecular flexibility index (Phi) is 5.82. The predicted molar refractivity (Wildman–Crippen MR) is 78.3 cm³/mol. The number of amides is 1. The van der Waals surface area contributed by atoms with Gasteiger partial charge in [0.25, 0.3) is 0 Å². The number of hydrogen-bond acceptors (Lipinski definition) is 2. The van der Waals surface area contributed by atoms with Crippen LogP contribution in [0.5, 0.6) is 0 Å². The predicted octanol–water partition coefficient (Wildman–Crippen LogP) is 2.48. The minimum Gasteiger partial charge on any atom is -0.356 e. The maximum absolute atomic E-state index is 11.7. The fourth-order valence-electron chi connectivity index (χ4n) is 1.41. The number of benzene rings is 1. The Morgan fingerprint density at radius 1 is 1.33 bits per heavy atom. The van der Waals surface area contributed by atoms with E-state index in [4.69, 9.17) is 5.73 Å². The molecule has 0 unspecified atom stereocenters. The first-order valence-electron chi connectivity index (χ1n) is 6.14. The Morgan fingerprint density at radius 2 is 1.94 bits per heavy atom. The molecule has 1 aromatic carbocycles. The van der Waals surface area contributed by atoms with Crippen molar-refractivity contribution >= 4 is 21.8 Å². The van der Waals surface area contributed by atoms with Crippen LogP contribution in [0.15, 0.2) is 28.7 Å². The number of nitrogens with two attached hydrogens (primary N) is 1. The lowest BCUT2D eigenvalue weighted by Crippen LogP contribution is -2.38. The Hall–Kier alpha value is -0.870. The summed E-state index contributed by atoms with van der Waals surface area (Å²) in [6, 6.07) is 8.04. The van der Waals surface area contributed by atoms with Gasteiger partial charge >= 0.3 is 0 Å². The van der Waals surface area contributed by atoms with Crippen LogP contribution in [0.4, 0.5) is 0 Å². The molecule has 0 radical (unpaired) electrons. The molecule has 0 spiro atoms. The highest BCUT2D eigenvalue weighted by Crippen LogP contribution is 2.12. The summed E-state index contributed by atoms with van der Waals surface area (Å²) in [5, 5.41) is 2.93. The third-order valence-corrected chi connectivity index (χ3v) is 3.40. The molecule has 0 saturated carbocycles. The zero-order chi connectivity index (χ0) is 13.6. The molecule has 0 heterocycles. The van der Waals surface area contributed by atoms with Gasteiger partial charge < -0.3 is 11.1 Å². The summed E-state index contributed by atoms with van der Waals surface area (Å²) in [5.41, 5.74) is 6.75. The summed E-state index contributed by atoms with van der Waals surface area (Å²) in [5.74, 6) is 0.0828. The average Bonchev–Trinajstić information content (AvgIpc) is 2.36. The monoisotopic (exact) mass is 312 g/mol. The lowest BCUT2D eigenvalue weighted by atomic mass is 9.94. The molecule has 0 bridgehead atoms. The van der Waals surface area contributed by atoms with E-state index in [1.54, 1.807) is 0 Å². The SMILES string of the molecule is CC(C)(CN)CNC(=O)CCc1ccc(Br)cc1. The summed E-state index contributed by atoms with van der Waals surface area (Å²) < 4.78 is 1.06. The molecule has 0 aromatic heterocycles. The van der Waals surface area contributed by atoms with Gasteiger partial charge in [0.05, 0.1) is 0 Å². The van der Waals surface area contributed by atoms with Gasteiger partial charge in [-0.2, -0.15) is 0 Å². The molecule has 0 atom stereocenters. The summed E-state index contributed by atoms with van der Waals surface area (Å²) in [4.78, 5) is 11.7. The van der Waals surface area contributed by atoms with Crippen molar-refractivity contribution < 1.29 is 4.79 Å². The molecule has 0 saturated heterocycles. The third-order valence-electron chi connectivity index (χ3n) is 2.87. The number of carbonyl (C=O) groups is 1. The van der Waals surface area contributed by atoms with Gasteiger partial charge in [0.2, 0.25) is 5.91 Å². The van der Waals surface area contributed by atoms with Crippen molar-refractivity contribution in [3.05, 3.63) is 34.3 Å². The van der Waals surface area contributed by atoms with E-state index in [9.17, 15) is 4.79 Å². The van der Waals surface area contributed by atoms with Crippen LogP contribution >= 0.6 is 15.9 Å². The molecule has 3 nitrogen and oxygen atoms in total. The van der Waals surface area contributed by atoms with Crippen molar-refractivity contribution in [3.8, 4) is 0 Å². The fourth-order valence-corrected chi connectivity index (χ4v) is 1.67. The second-order valence-corrected chi connectivity index (χ2v) is 6.19. The average molecular weight is 313 g/mol. The minimum atomic E-state index is -0.0345. The van der Waals surface area contributed by atoms with Crippen molar-refractivity contribution in [2.24, 2.45) is 11.1 Å². The van der Waals surface area contributed by atoms with E-state index < -0.39 is 0 Å². The number of carbonyl (C=O) groups excluding carboxylic acids is 1. The van der Waals surface area contributed by atoms with Gasteiger partial charge in [-0.15, -0.1) is 0 Å². The lowest BCUT2D eigenvalue weighted by molar-refractivity contribution is -0.121. The first-order chi connectivity index (χ1) is 8.43. The quantitative estimate of drug-likeness (QED) is 0.848. The van der Waals surface area contributed by atoms with Crippen LogP contribution in [0.3, 0.4) is 0 Å². The lowest BCUT2D eigenvalue weighted by Gasteiger charge is -2.22. The topological polar surface area (TPSA) is 55.1 Å². The zero-order valence-corrected chi connectivity index (χ0v) is 12.6. The largest absolute Gasteiger partial charge is 0.356 e. The van der Waals surface area contributed by atoms with Crippen molar-refractivity contribution in [2.75, 3.05) is 13.1 Å². The maximum Gasteiger partial charge on any atom is 0.220 e. The van der Waals surface area contributed by atoms with Crippen molar-refractivity contribution in [3.63, 3.8) is 0 Å². The maximum atomic E-state index is 11.7. The molecule has 3 N–H and O–H groups in total. The molecule has 1 rings (SSSR count).